The molecule has 0 unspecified atom stereocenters. The summed E-state index contributed by atoms with van der Waals surface area (Å²) in [6, 6.07) is 69.3. The Balaban J connectivity index is 1.12. The van der Waals surface area contributed by atoms with Crippen LogP contribution in [0.2, 0.25) is 0 Å². The van der Waals surface area contributed by atoms with Crippen LogP contribution in [-0.2, 0) is 0 Å². The van der Waals surface area contributed by atoms with Gasteiger partial charge in [0.15, 0.2) is 17.5 Å². The Morgan fingerprint density at radius 2 is 0.895 bits per heavy atom. The van der Waals surface area contributed by atoms with Gasteiger partial charge in [-0.25, -0.2) is 15.0 Å². The van der Waals surface area contributed by atoms with Gasteiger partial charge in [0.25, 0.3) is 0 Å². The first kappa shape index (κ1) is 31.6. The van der Waals surface area contributed by atoms with Crippen LogP contribution in [0.25, 0.3) is 116 Å². The zero-order valence-corrected chi connectivity index (χ0v) is 30.8. The van der Waals surface area contributed by atoms with Gasteiger partial charge >= 0.3 is 0 Å². The second-order valence-electron chi connectivity index (χ2n) is 14.8. The molecule has 0 saturated carbocycles. The number of rotatable bonds is 4. The number of hydrogen-bond acceptors (Lipinski definition) is 3. The van der Waals surface area contributed by atoms with E-state index in [2.05, 4.69) is 180 Å². The molecule has 12 aromatic rings. The van der Waals surface area contributed by atoms with Crippen LogP contribution in [0.4, 0.5) is 0 Å². The Hall–Kier alpha value is -7.69. The second-order valence-corrected chi connectivity index (χ2v) is 14.8. The molecule has 12 rings (SSSR count). The van der Waals surface area contributed by atoms with Crippen LogP contribution in [0.15, 0.2) is 194 Å². The van der Waals surface area contributed by atoms with E-state index < -0.39 is 0 Å². The lowest BCUT2D eigenvalue weighted by Gasteiger charge is -2.15. The Bertz CT molecular complexity index is 3580. The minimum absolute atomic E-state index is 0.640. The zero-order chi connectivity index (χ0) is 37.5. The summed E-state index contributed by atoms with van der Waals surface area (Å²) in [5, 5.41) is 14.6. The maximum atomic E-state index is 5.21. The molecule has 0 atom stereocenters. The fourth-order valence-electron chi connectivity index (χ4n) is 8.98. The molecule has 0 bridgehead atoms. The lowest BCUT2D eigenvalue weighted by Crippen LogP contribution is -2.01. The summed E-state index contributed by atoms with van der Waals surface area (Å²) in [6.07, 6.45) is 0. The van der Waals surface area contributed by atoms with Crippen molar-refractivity contribution >= 4 is 75.7 Å². The predicted molar refractivity (Wildman–Crippen MR) is 238 cm³/mol. The van der Waals surface area contributed by atoms with E-state index in [1.54, 1.807) is 0 Å². The second kappa shape index (κ2) is 12.4. The lowest BCUT2D eigenvalue weighted by molar-refractivity contribution is 1.08. The van der Waals surface area contributed by atoms with Crippen molar-refractivity contribution in [2.24, 2.45) is 0 Å². The number of para-hydroxylation sites is 1. The highest BCUT2D eigenvalue weighted by Gasteiger charge is 2.20. The molecule has 0 radical (unpaired) electrons. The summed E-state index contributed by atoms with van der Waals surface area (Å²) >= 11 is 0. The Labute approximate surface area is 328 Å². The highest BCUT2D eigenvalue weighted by Crippen LogP contribution is 2.43. The van der Waals surface area contributed by atoms with Gasteiger partial charge in [-0.1, -0.05) is 170 Å². The predicted octanol–water partition coefficient (Wildman–Crippen LogP) is 13.7. The third-order valence-electron chi connectivity index (χ3n) is 11.6. The van der Waals surface area contributed by atoms with E-state index in [1.165, 1.54) is 59.5 Å². The fourth-order valence-corrected chi connectivity index (χ4v) is 8.98. The van der Waals surface area contributed by atoms with Crippen molar-refractivity contribution in [3.63, 3.8) is 0 Å². The molecule has 0 N–H and O–H groups in total. The first-order valence-electron chi connectivity index (χ1n) is 19.4. The molecule has 57 heavy (non-hydrogen) atoms. The van der Waals surface area contributed by atoms with Gasteiger partial charge in [-0.05, 0) is 67.4 Å². The lowest BCUT2D eigenvalue weighted by atomic mass is 9.93. The van der Waals surface area contributed by atoms with E-state index in [9.17, 15) is 0 Å². The van der Waals surface area contributed by atoms with Gasteiger partial charge in [-0.3, -0.25) is 0 Å². The third kappa shape index (κ3) is 4.91. The Kier molecular flexibility index (Phi) is 6.89. The maximum Gasteiger partial charge on any atom is 0.164 e. The molecule has 4 heteroatoms. The third-order valence-corrected chi connectivity index (χ3v) is 11.6. The quantitative estimate of drug-likeness (QED) is 0.170. The minimum atomic E-state index is 0.640. The topological polar surface area (TPSA) is 43.6 Å². The largest absolute Gasteiger partial charge is 0.309 e. The van der Waals surface area contributed by atoms with Crippen LogP contribution in [-0.4, -0.2) is 19.5 Å². The number of fused-ring (bicyclic) bond motifs is 11. The molecule has 10 aromatic carbocycles. The van der Waals surface area contributed by atoms with Crippen molar-refractivity contribution < 1.29 is 0 Å². The average molecular weight is 725 g/mol. The van der Waals surface area contributed by atoms with Crippen LogP contribution < -0.4 is 0 Å². The van der Waals surface area contributed by atoms with E-state index in [4.69, 9.17) is 15.0 Å². The molecule has 0 aliphatic carbocycles. The normalized spacial score (nSPS) is 11.9. The molecule has 0 amide bonds. The smallest absolute Gasteiger partial charge is 0.164 e. The molecule has 0 saturated heterocycles. The van der Waals surface area contributed by atoms with Gasteiger partial charge in [0.05, 0.1) is 16.7 Å². The summed E-state index contributed by atoms with van der Waals surface area (Å²) in [4.78, 5) is 15.4. The number of hydrogen-bond donors (Lipinski definition) is 0. The van der Waals surface area contributed by atoms with Crippen LogP contribution in [0.3, 0.4) is 0 Å². The van der Waals surface area contributed by atoms with Gasteiger partial charge in [0.2, 0.25) is 0 Å². The summed E-state index contributed by atoms with van der Waals surface area (Å²) in [5.74, 6) is 1.93. The van der Waals surface area contributed by atoms with Crippen molar-refractivity contribution in [3.8, 4) is 39.9 Å². The standard InChI is InChI=1S/C53H32N4/c1-2-14-37(15-3-1)51-54-52(39-29-24-33-12-4-5-16-38(33)32-39)56-53(55-51)43-21-10-20-42-41(43)19-11-23-45(42)57-46-22-9-8-18-44(46)50-47(57)31-30-36-28-27-35-26-25-34-13-6-7-17-40(34)48(35)49(36)50/h1-32H. The maximum absolute atomic E-state index is 5.21. The van der Waals surface area contributed by atoms with Gasteiger partial charge in [0, 0.05) is 38.2 Å². The monoisotopic (exact) mass is 724 g/mol. The molecule has 2 heterocycles. The molecular weight excluding hydrogens is 693 g/mol. The molecule has 0 spiro atoms. The van der Waals surface area contributed by atoms with Crippen molar-refractivity contribution in [3.05, 3.63) is 194 Å². The van der Waals surface area contributed by atoms with E-state index in [0.29, 0.717) is 17.5 Å². The molecule has 0 aliphatic rings. The number of benzene rings is 10. The van der Waals surface area contributed by atoms with E-state index in [-0.39, 0.29) is 0 Å². The molecular formula is C53H32N4. The van der Waals surface area contributed by atoms with Gasteiger partial charge in [-0.2, -0.15) is 0 Å². The summed E-state index contributed by atoms with van der Waals surface area (Å²) in [6.45, 7) is 0. The van der Waals surface area contributed by atoms with Crippen LogP contribution in [0.1, 0.15) is 0 Å². The molecule has 4 nitrogen and oxygen atoms in total. The van der Waals surface area contributed by atoms with Crippen LogP contribution in [0, 0.1) is 0 Å². The number of nitrogens with zero attached hydrogens (tertiary/aromatic N) is 4. The van der Waals surface area contributed by atoms with Crippen LogP contribution in [0.5, 0.6) is 0 Å². The van der Waals surface area contributed by atoms with Gasteiger partial charge in [0.1, 0.15) is 0 Å². The van der Waals surface area contributed by atoms with Gasteiger partial charge in [-0.15, -0.1) is 0 Å². The molecule has 2 aromatic heterocycles. The Morgan fingerprint density at radius 3 is 1.75 bits per heavy atom. The fraction of sp³-hybridized carbons (Fsp3) is 0. The van der Waals surface area contributed by atoms with Crippen LogP contribution >= 0.6 is 0 Å². The summed E-state index contributed by atoms with van der Waals surface area (Å²) < 4.78 is 2.45. The highest BCUT2D eigenvalue weighted by atomic mass is 15.0. The first-order valence-corrected chi connectivity index (χ1v) is 19.4. The van der Waals surface area contributed by atoms with Gasteiger partial charge < -0.3 is 4.57 Å². The highest BCUT2D eigenvalue weighted by molar-refractivity contribution is 6.32. The van der Waals surface area contributed by atoms with E-state index in [0.717, 1.165) is 38.5 Å². The Morgan fingerprint density at radius 1 is 0.298 bits per heavy atom. The van der Waals surface area contributed by atoms with Crippen molar-refractivity contribution in [1.82, 2.24) is 19.5 Å². The molecule has 264 valence electrons. The van der Waals surface area contributed by atoms with Crippen molar-refractivity contribution in [1.29, 1.82) is 0 Å². The van der Waals surface area contributed by atoms with E-state index >= 15 is 0 Å². The summed E-state index contributed by atoms with van der Waals surface area (Å²) in [5.41, 5.74) is 6.30. The first-order chi connectivity index (χ1) is 28.3. The minimum Gasteiger partial charge on any atom is -0.309 e. The SMILES string of the molecule is c1ccc(-c2nc(-c3ccc4ccccc4c3)nc(-c3cccc4c(-n5c6ccccc6c6c7c(ccc8ccc9ccccc9c87)ccc65)cccc34)n2)cc1. The molecule has 0 fully saturated rings. The molecule has 0 aliphatic heterocycles. The number of aromatic nitrogens is 4. The average Bonchev–Trinajstić information content (AvgIpc) is 3.62. The summed E-state index contributed by atoms with van der Waals surface area (Å²) in [7, 11) is 0. The zero-order valence-electron chi connectivity index (χ0n) is 30.8. The van der Waals surface area contributed by atoms with Crippen molar-refractivity contribution in [2.75, 3.05) is 0 Å². The van der Waals surface area contributed by atoms with Crippen molar-refractivity contribution in [2.45, 2.75) is 0 Å². The van der Waals surface area contributed by atoms with E-state index in [1.807, 2.05) is 18.2 Å².